The number of allylic oxidation sites excluding steroid dienone is 1. The van der Waals surface area contributed by atoms with Crippen LogP contribution in [0.1, 0.15) is 0 Å². The second-order valence-electron chi connectivity index (χ2n) is 1.86. The third-order valence-electron chi connectivity index (χ3n) is 1.08. The zero-order chi connectivity index (χ0) is 7.56. The first-order chi connectivity index (χ1) is 4.75. The van der Waals surface area contributed by atoms with E-state index < -0.39 is 0 Å². The lowest BCUT2D eigenvalue weighted by atomic mass is 10.6. The number of hydrogen-bond donors (Lipinski definition) is 0. The molecule has 0 radical (unpaired) electrons. The molecule has 1 aromatic heterocycles. The van der Waals surface area contributed by atoms with E-state index in [2.05, 4.69) is 17.0 Å². The van der Waals surface area contributed by atoms with E-state index in [1.165, 1.54) is 0 Å². The van der Waals surface area contributed by atoms with Gasteiger partial charge in [-0.2, -0.15) is 0 Å². The highest BCUT2D eigenvalue weighted by Crippen LogP contribution is 1.85. The molecule has 54 valence electrons. The highest BCUT2D eigenvalue weighted by Gasteiger charge is 1.94. The smallest absolute Gasteiger partial charge is 0.215 e. The first-order valence-electron chi connectivity index (χ1n) is 2.83. The number of tetrazole rings is 1. The predicted octanol–water partition coefficient (Wildman–Crippen LogP) is 0.532. The second kappa shape index (κ2) is 2.74. The fraction of sp³-hybridized carbons (Fsp3) is 0.400. The van der Waals surface area contributed by atoms with Crippen LogP contribution in [0.15, 0.2) is 12.7 Å². The van der Waals surface area contributed by atoms with E-state index in [-0.39, 0.29) is 0 Å². The summed E-state index contributed by atoms with van der Waals surface area (Å²) < 4.78 is 3.75. The largest absolute Gasteiger partial charge is 0.222 e. The van der Waals surface area contributed by atoms with E-state index >= 15 is 0 Å². The summed E-state index contributed by atoms with van der Waals surface area (Å²) in [5.74, 6) is 0. The van der Waals surface area contributed by atoms with Crippen molar-refractivity contribution in [2.75, 3.05) is 0 Å². The Kier molecular flexibility index (Phi) is 1.96. The molecule has 1 aromatic rings. The zero-order valence-corrected chi connectivity index (χ0v) is 6.51. The van der Waals surface area contributed by atoms with E-state index in [9.17, 15) is 0 Å². The SMILES string of the molecule is C=CCn1nnn(C)c1=S. The third kappa shape index (κ3) is 1.13. The summed E-state index contributed by atoms with van der Waals surface area (Å²) in [5, 5.41) is 7.47. The molecule has 0 bridgehead atoms. The van der Waals surface area contributed by atoms with Crippen LogP contribution in [0.3, 0.4) is 0 Å². The number of aromatic nitrogens is 4. The highest BCUT2D eigenvalue weighted by atomic mass is 32.1. The van der Waals surface area contributed by atoms with Crippen LogP contribution < -0.4 is 0 Å². The first-order valence-corrected chi connectivity index (χ1v) is 3.24. The Labute approximate surface area is 63.8 Å². The molecule has 0 fully saturated rings. The van der Waals surface area contributed by atoms with Gasteiger partial charge in [0.25, 0.3) is 0 Å². The molecule has 0 unspecified atom stereocenters. The van der Waals surface area contributed by atoms with Crippen LogP contribution in [0.2, 0.25) is 0 Å². The molecule has 0 N–H and O–H groups in total. The van der Waals surface area contributed by atoms with Crippen LogP contribution in [0.25, 0.3) is 0 Å². The molecule has 10 heavy (non-hydrogen) atoms. The summed E-state index contributed by atoms with van der Waals surface area (Å²) >= 11 is 4.95. The Bertz CT molecular complexity index is 284. The van der Waals surface area contributed by atoms with E-state index in [0.29, 0.717) is 11.3 Å². The molecule has 1 heterocycles. The van der Waals surface area contributed by atoms with Crippen LogP contribution in [0.5, 0.6) is 0 Å². The van der Waals surface area contributed by atoms with Crippen molar-refractivity contribution in [1.29, 1.82) is 0 Å². The van der Waals surface area contributed by atoms with E-state index in [1.807, 2.05) is 0 Å². The molecule has 0 aliphatic rings. The highest BCUT2D eigenvalue weighted by molar-refractivity contribution is 7.71. The van der Waals surface area contributed by atoms with Gasteiger partial charge in [-0.05, 0) is 22.6 Å². The van der Waals surface area contributed by atoms with Gasteiger partial charge in [-0.15, -0.1) is 6.58 Å². The van der Waals surface area contributed by atoms with Gasteiger partial charge in [0.2, 0.25) is 4.77 Å². The molecule has 0 aliphatic heterocycles. The molecule has 1 rings (SSSR count). The van der Waals surface area contributed by atoms with Crippen LogP contribution in [0, 0.1) is 4.77 Å². The fourth-order valence-corrected chi connectivity index (χ4v) is 0.736. The van der Waals surface area contributed by atoms with E-state index in [4.69, 9.17) is 12.2 Å². The van der Waals surface area contributed by atoms with Crippen molar-refractivity contribution in [3.05, 3.63) is 17.4 Å². The van der Waals surface area contributed by atoms with Crippen LogP contribution in [-0.4, -0.2) is 19.8 Å². The number of hydrogen-bond acceptors (Lipinski definition) is 3. The van der Waals surface area contributed by atoms with Gasteiger partial charge in [0, 0.05) is 7.05 Å². The van der Waals surface area contributed by atoms with Crippen LogP contribution in [-0.2, 0) is 13.6 Å². The lowest BCUT2D eigenvalue weighted by molar-refractivity contribution is 0.649. The van der Waals surface area contributed by atoms with Crippen molar-refractivity contribution in [3.63, 3.8) is 0 Å². The molecule has 0 spiro atoms. The Morgan fingerprint density at radius 3 is 2.80 bits per heavy atom. The molecule has 0 amide bonds. The molecule has 0 aliphatic carbocycles. The number of aryl methyl sites for hydroxylation is 1. The van der Waals surface area contributed by atoms with Crippen molar-refractivity contribution in [3.8, 4) is 0 Å². The Morgan fingerprint density at radius 1 is 1.70 bits per heavy atom. The van der Waals surface area contributed by atoms with Gasteiger partial charge >= 0.3 is 0 Å². The molecule has 0 aromatic carbocycles. The van der Waals surface area contributed by atoms with Crippen LogP contribution in [0.4, 0.5) is 0 Å². The van der Waals surface area contributed by atoms with Gasteiger partial charge in [0.05, 0.1) is 6.54 Å². The van der Waals surface area contributed by atoms with Gasteiger partial charge in [-0.25, -0.2) is 9.36 Å². The monoisotopic (exact) mass is 156 g/mol. The van der Waals surface area contributed by atoms with Crippen molar-refractivity contribution >= 4 is 12.2 Å². The summed E-state index contributed by atoms with van der Waals surface area (Å²) in [6.45, 7) is 4.18. The van der Waals surface area contributed by atoms with Crippen molar-refractivity contribution in [2.45, 2.75) is 6.54 Å². The number of rotatable bonds is 2. The van der Waals surface area contributed by atoms with Gasteiger partial charge in [-0.3, -0.25) is 0 Å². The molecule has 0 atom stereocenters. The summed E-state index contributed by atoms with van der Waals surface area (Å²) in [6, 6.07) is 0. The van der Waals surface area contributed by atoms with Crippen LogP contribution >= 0.6 is 12.2 Å². The van der Waals surface area contributed by atoms with Gasteiger partial charge in [0.15, 0.2) is 0 Å². The molecule has 5 heteroatoms. The van der Waals surface area contributed by atoms with E-state index in [0.717, 1.165) is 0 Å². The maximum Gasteiger partial charge on any atom is 0.215 e. The third-order valence-corrected chi connectivity index (χ3v) is 1.56. The fourth-order valence-electron chi connectivity index (χ4n) is 0.589. The standard InChI is InChI=1S/C5H8N4S/c1-3-4-9-5(10)8(2)6-7-9/h3H,1,4H2,2H3. The van der Waals surface area contributed by atoms with Crippen molar-refractivity contribution in [1.82, 2.24) is 19.8 Å². The first kappa shape index (κ1) is 7.14. The lowest BCUT2D eigenvalue weighted by Gasteiger charge is -1.88. The second-order valence-corrected chi connectivity index (χ2v) is 2.22. The lowest BCUT2D eigenvalue weighted by Crippen LogP contribution is -1.97. The van der Waals surface area contributed by atoms with Gasteiger partial charge < -0.3 is 0 Å². The minimum absolute atomic E-state index is 0.611. The summed E-state index contributed by atoms with van der Waals surface area (Å²) in [6.07, 6.45) is 1.73. The molecule has 0 saturated carbocycles. The Morgan fingerprint density at radius 2 is 2.40 bits per heavy atom. The zero-order valence-electron chi connectivity index (χ0n) is 5.69. The Balaban J connectivity index is 3.05. The van der Waals surface area contributed by atoms with Crippen molar-refractivity contribution < 1.29 is 0 Å². The van der Waals surface area contributed by atoms with Crippen molar-refractivity contribution in [2.24, 2.45) is 7.05 Å². The summed E-state index contributed by atoms with van der Waals surface area (Å²) in [5.41, 5.74) is 0. The van der Waals surface area contributed by atoms with E-state index in [1.54, 1.807) is 22.5 Å². The number of nitrogens with zero attached hydrogens (tertiary/aromatic N) is 4. The minimum Gasteiger partial charge on any atom is -0.222 e. The summed E-state index contributed by atoms with van der Waals surface area (Å²) in [7, 11) is 1.76. The Hall–Kier alpha value is -0.970. The topological polar surface area (TPSA) is 35.6 Å². The minimum atomic E-state index is 0.611. The quantitative estimate of drug-likeness (QED) is 0.463. The molecular formula is C5H8N4S. The molecule has 0 saturated heterocycles. The average molecular weight is 156 g/mol. The summed E-state index contributed by atoms with van der Waals surface area (Å²) in [4.78, 5) is 0. The maximum absolute atomic E-state index is 4.95. The average Bonchev–Trinajstić information content (AvgIpc) is 2.20. The maximum atomic E-state index is 4.95. The predicted molar refractivity (Wildman–Crippen MR) is 40.0 cm³/mol. The molecular weight excluding hydrogens is 148 g/mol. The van der Waals surface area contributed by atoms with Gasteiger partial charge in [0.1, 0.15) is 0 Å². The normalized spacial score (nSPS) is 9.70. The molecule has 4 nitrogen and oxygen atoms in total. The van der Waals surface area contributed by atoms with Gasteiger partial charge in [-0.1, -0.05) is 6.08 Å².